The fourth-order valence-electron chi connectivity index (χ4n) is 3.75. The average Bonchev–Trinajstić information content (AvgIpc) is 3.08. The maximum atomic E-state index is 12.2. The van der Waals surface area contributed by atoms with Gasteiger partial charge in [0, 0.05) is 28.5 Å². The van der Waals surface area contributed by atoms with Crippen LogP contribution in [0.4, 0.5) is 28.4 Å². The van der Waals surface area contributed by atoms with Crippen LogP contribution in [0.1, 0.15) is 0 Å². The molecular formula is C27H25CuN5Na4O20S6-2. The molecule has 0 spiro atoms. The average molecular weight is 1090 g/mol. The number of phenols is 2. The number of hydrogen-bond donors (Lipinski definition) is 5. The molecule has 0 bridgehead atoms. The summed E-state index contributed by atoms with van der Waals surface area (Å²) >= 11 is 0. The molecule has 0 aromatic heterocycles. The van der Waals surface area contributed by atoms with Gasteiger partial charge < -0.3 is 43.0 Å². The largest absolute Gasteiger partial charge is 1.00 e. The predicted molar refractivity (Wildman–Crippen MR) is 195 cm³/mol. The molecule has 0 saturated carbocycles. The van der Waals surface area contributed by atoms with Crippen LogP contribution in [0.5, 0.6) is 11.5 Å². The van der Waals surface area contributed by atoms with Crippen LogP contribution in [0.2, 0.25) is 0 Å². The van der Waals surface area contributed by atoms with Gasteiger partial charge in [0.15, 0.2) is 19.7 Å². The summed E-state index contributed by atoms with van der Waals surface area (Å²) in [7, 11) is -25.0. The predicted octanol–water partition coefficient (Wildman–Crippen LogP) is -9.97. The van der Waals surface area contributed by atoms with Crippen molar-refractivity contribution in [2.24, 2.45) is 20.5 Å². The molecule has 0 aliphatic heterocycles. The third kappa shape index (κ3) is 29.0. The van der Waals surface area contributed by atoms with E-state index in [1.165, 1.54) is 48.5 Å². The van der Waals surface area contributed by atoms with Crippen molar-refractivity contribution in [2.45, 2.75) is 9.79 Å². The van der Waals surface area contributed by atoms with Crippen LogP contribution in [0.15, 0.2) is 90.9 Å². The van der Waals surface area contributed by atoms with Crippen molar-refractivity contribution in [3.63, 3.8) is 0 Å². The summed E-state index contributed by atoms with van der Waals surface area (Å²) in [4.78, 5) is -0.185. The third-order valence-electron chi connectivity index (χ3n) is 6.03. The molecule has 0 unspecified atom stereocenters. The van der Waals surface area contributed by atoms with Gasteiger partial charge in [0.2, 0.25) is 20.8 Å². The Hall–Kier alpha value is -0.571. The summed E-state index contributed by atoms with van der Waals surface area (Å²) in [6.07, 6.45) is 0. The number of anilines is 1. The van der Waals surface area contributed by atoms with Crippen LogP contribution in [-0.4, -0.2) is 105 Å². The van der Waals surface area contributed by atoms with Gasteiger partial charge in [-0.2, -0.15) is 27.5 Å². The van der Waals surface area contributed by atoms with E-state index in [4.69, 9.17) is 47.7 Å². The van der Waals surface area contributed by atoms with E-state index in [2.05, 4.69) is 45.7 Å². The number of phenolic OH excluding ortho intramolecular Hbond substituents is 2. The summed E-state index contributed by atoms with van der Waals surface area (Å²) in [6.45, 7) is 6.78. The third-order valence-corrected chi connectivity index (χ3v) is 9.55. The van der Waals surface area contributed by atoms with E-state index in [-0.39, 0.29) is 196 Å². The Morgan fingerprint density at radius 3 is 1.60 bits per heavy atom. The Morgan fingerprint density at radius 2 is 1.14 bits per heavy atom. The standard InChI is InChI=1S/C27H24N5O9S3.Cu.4Na.2H2O4S.O3S/c1-3-42(35,36)18-7-5-6-17(14-18)29-32-26-20-9-12-23(27(34)21(20)10-11-22(26)28-16-44(39,40)41)30-31-24-15-19(8-13-25(24)33)43(37,38)4-2;;;;;;2*1-5(2,3)4;1-4(2)3/h5-11,13-15,28,33-34H,1-4,16H2,(H,39,40,41);;;;;;2*(H2,1,2,3,4);/q-3;;4*+1;;;/p-3. The van der Waals surface area contributed by atoms with Crippen molar-refractivity contribution < 1.29 is 223 Å². The van der Waals surface area contributed by atoms with E-state index >= 15 is 0 Å². The van der Waals surface area contributed by atoms with Crippen molar-refractivity contribution >= 4 is 100 Å². The van der Waals surface area contributed by atoms with Gasteiger partial charge in [0.25, 0.3) is 0 Å². The first-order valence-electron chi connectivity index (χ1n) is 14.2. The molecule has 331 valence electrons. The van der Waals surface area contributed by atoms with Crippen LogP contribution in [0, 0.1) is 19.9 Å². The molecule has 63 heavy (non-hydrogen) atoms. The van der Waals surface area contributed by atoms with Gasteiger partial charge in [-0.15, -0.1) is 17.7 Å². The molecule has 25 nitrogen and oxygen atoms in total. The molecule has 0 amide bonds. The van der Waals surface area contributed by atoms with Crippen molar-refractivity contribution in [3.05, 3.63) is 80.6 Å². The van der Waals surface area contributed by atoms with Gasteiger partial charge in [-0.3, -0.25) is 9.11 Å². The fourth-order valence-corrected chi connectivity index (χ4v) is 5.71. The van der Waals surface area contributed by atoms with Crippen molar-refractivity contribution in [2.75, 3.05) is 22.7 Å². The smallest absolute Gasteiger partial charge is 0.747 e. The number of sulfone groups is 2. The number of hydrogen-bond acceptors (Lipinski definition) is 23. The summed E-state index contributed by atoms with van der Waals surface area (Å²) in [6, 6.07) is 15.6. The monoisotopic (exact) mass is 1090 g/mol. The second kappa shape index (κ2) is 31.5. The van der Waals surface area contributed by atoms with E-state index in [9.17, 15) is 40.0 Å². The maximum absolute atomic E-state index is 12.2. The molecule has 4 rings (SSSR count). The molecule has 0 saturated heterocycles. The van der Waals surface area contributed by atoms with E-state index < -0.39 is 78.6 Å². The minimum absolute atomic E-state index is 0. The van der Waals surface area contributed by atoms with E-state index in [0.717, 1.165) is 12.1 Å². The van der Waals surface area contributed by atoms with Gasteiger partial charge in [-0.1, -0.05) is 34.4 Å². The fraction of sp³-hybridized carbons (Fsp3) is 0.111. The van der Waals surface area contributed by atoms with Gasteiger partial charge in [-0.05, 0) is 42.5 Å². The Balaban J connectivity index is -0.000000515. The Kier molecular flexibility index (Phi) is 35.7. The van der Waals surface area contributed by atoms with Crippen molar-refractivity contribution in [1.29, 1.82) is 0 Å². The van der Waals surface area contributed by atoms with Gasteiger partial charge >= 0.3 is 129 Å². The molecule has 1 radical (unpaired) electrons. The second-order valence-corrected chi connectivity index (χ2v) is 17.8. The van der Waals surface area contributed by atoms with Crippen molar-refractivity contribution in [1.82, 2.24) is 0 Å². The number of fused-ring (bicyclic) bond motifs is 1. The maximum Gasteiger partial charge on any atom is 1.00 e. The van der Waals surface area contributed by atoms with Crippen LogP contribution in [0.3, 0.4) is 0 Å². The normalized spacial score (nSPS) is 11.2. The Bertz CT molecular complexity index is 2850. The van der Waals surface area contributed by atoms with Gasteiger partial charge in [-0.25, -0.2) is 42.1 Å². The molecule has 0 aliphatic carbocycles. The number of nitrogens with zero attached hydrogens (tertiary/aromatic N) is 4. The molecule has 4 aromatic rings. The van der Waals surface area contributed by atoms with E-state index in [1.807, 2.05) is 0 Å². The van der Waals surface area contributed by atoms with Crippen LogP contribution < -0.4 is 124 Å². The van der Waals surface area contributed by atoms with E-state index in [1.54, 1.807) is 0 Å². The Labute approximate surface area is 461 Å². The quantitative estimate of drug-likeness (QED) is 0.0306. The topological polar surface area (TPSA) is 433 Å². The van der Waals surface area contributed by atoms with Crippen LogP contribution in [0.25, 0.3) is 10.8 Å². The molecular weight excluding hydrogens is 1060 g/mol. The molecule has 36 heteroatoms. The first kappa shape index (κ1) is 71.4. The molecule has 4 aromatic carbocycles. The van der Waals surface area contributed by atoms with Crippen LogP contribution >= 0.6 is 0 Å². The minimum Gasteiger partial charge on any atom is -0.747 e. The summed E-state index contributed by atoms with van der Waals surface area (Å²) in [5.41, 5.74) is -0.281. The summed E-state index contributed by atoms with van der Waals surface area (Å²) in [5.74, 6) is -2.65. The van der Waals surface area contributed by atoms with E-state index in [0.29, 0.717) is 0 Å². The zero-order chi connectivity index (χ0) is 44.9. The molecule has 0 aliphatic rings. The minimum atomic E-state index is -4.92. The first-order chi connectivity index (χ1) is 26.4. The zero-order valence-electron chi connectivity index (χ0n) is 32.7. The van der Waals surface area contributed by atoms with Crippen molar-refractivity contribution in [3.8, 4) is 11.5 Å². The van der Waals surface area contributed by atoms with Gasteiger partial charge in [0.1, 0.15) is 27.4 Å². The Morgan fingerprint density at radius 1 is 0.667 bits per heavy atom. The molecule has 0 heterocycles. The van der Waals surface area contributed by atoms with Crippen LogP contribution in [-0.2, 0) is 78.3 Å². The number of aromatic hydroxyl groups is 2. The van der Waals surface area contributed by atoms with Gasteiger partial charge in [0.05, 0.1) is 26.9 Å². The molecule has 5 N–H and O–H groups in total. The molecule has 0 fully saturated rings. The molecule has 0 atom stereocenters. The summed E-state index contributed by atoms with van der Waals surface area (Å²) in [5, 5.41) is 39.8. The SMILES string of the molecule is O=S(=O)([O-])O.O=S(=O)([O-])O.O=S(=O)=O.[CH2-]CS(=O)(=O)c1cccc(N=Nc2c(NCS(=O)(=O)[O-])ccc3c(O)c(N=Nc4cc(S(=O)(=O)C[CH2-])ccc4O)[c-]cc23)c1.[Cu].[Na+].[Na+].[Na+].[Na+]. The number of rotatable bonds is 11. The number of nitrogens with one attached hydrogen (secondary N) is 1. The number of azo groups is 2. The first-order valence-corrected chi connectivity index (χ1v) is 22.8. The zero-order valence-corrected chi connectivity index (χ0v) is 46.5. The second-order valence-electron chi connectivity index (χ2n) is 10.0. The summed E-state index contributed by atoms with van der Waals surface area (Å²) < 4.78 is 174. The number of benzene rings is 4.